The molecule has 0 amide bonds. The molecule has 6 nitrogen and oxygen atoms in total. The number of benzene rings is 3. The zero-order valence-electron chi connectivity index (χ0n) is 19.6. The number of non-ortho nitro benzene ring substituents is 1. The molecule has 0 fully saturated rings. The lowest BCUT2D eigenvalue weighted by Crippen LogP contribution is -2.15. The second-order valence-electron chi connectivity index (χ2n) is 8.69. The van der Waals surface area contributed by atoms with Gasteiger partial charge in [0.2, 0.25) is 4.80 Å². The predicted octanol–water partition coefficient (Wildman–Crippen LogP) is 6.45. The molecule has 0 N–H and O–H groups in total. The Morgan fingerprint density at radius 3 is 2.66 bits per heavy atom. The minimum absolute atomic E-state index is 0.0413. The minimum Gasteiger partial charge on any atom is -0.258 e. The molecular weight excluding hydrogens is 456 g/mol. The van der Waals surface area contributed by atoms with Gasteiger partial charge in [-0.25, -0.2) is 4.68 Å². The first-order valence-corrected chi connectivity index (χ1v) is 12.2. The summed E-state index contributed by atoms with van der Waals surface area (Å²) in [5.74, 6) is 0. The first-order chi connectivity index (χ1) is 16.9. The molecule has 5 rings (SSSR count). The number of rotatable bonds is 6. The van der Waals surface area contributed by atoms with E-state index in [1.54, 1.807) is 16.8 Å². The van der Waals surface area contributed by atoms with E-state index in [9.17, 15) is 10.1 Å². The van der Waals surface area contributed by atoms with E-state index in [1.807, 2.05) is 25.3 Å². The van der Waals surface area contributed by atoms with Gasteiger partial charge in [0.15, 0.2) is 0 Å². The molecule has 0 unspecified atom stereocenters. The molecule has 0 radical (unpaired) electrons. The van der Waals surface area contributed by atoms with E-state index in [0.29, 0.717) is 16.9 Å². The number of hydrogen-bond donors (Lipinski definition) is 0. The molecule has 0 atom stereocenters. The van der Waals surface area contributed by atoms with Crippen LogP contribution in [0.5, 0.6) is 0 Å². The average Bonchev–Trinajstić information content (AvgIpc) is 3.43. The fourth-order valence-electron chi connectivity index (χ4n) is 4.26. The Hall–Kier alpha value is -4.10. The number of hydrogen-bond acceptors (Lipinski definition) is 5. The standard InChI is InChI=1S/C28H24N4O2S/c1-18(2)16-29-28-31(27(17-35-28)22-8-6-9-24(15-22)32(33)34)30-19(3)20-11-12-26-23(13-20)14-21-7-4-5-10-25(21)26/h4-13,15,17H,1,14,16H2,2-3H3. The molecule has 4 aromatic rings. The summed E-state index contributed by atoms with van der Waals surface area (Å²) in [7, 11) is 0. The molecule has 0 spiro atoms. The van der Waals surface area contributed by atoms with Gasteiger partial charge < -0.3 is 0 Å². The smallest absolute Gasteiger partial charge is 0.258 e. The Bertz CT molecular complexity index is 1580. The minimum atomic E-state index is -0.385. The Morgan fingerprint density at radius 2 is 1.86 bits per heavy atom. The van der Waals surface area contributed by atoms with Gasteiger partial charge in [-0.1, -0.05) is 60.7 Å². The summed E-state index contributed by atoms with van der Waals surface area (Å²) >= 11 is 1.45. The van der Waals surface area contributed by atoms with Crippen molar-refractivity contribution in [2.24, 2.45) is 10.1 Å². The number of nitro groups is 1. The Balaban J connectivity index is 1.59. The van der Waals surface area contributed by atoms with Crippen LogP contribution in [-0.4, -0.2) is 21.9 Å². The molecule has 1 heterocycles. The topological polar surface area (TPSA) is 72.8 Å². The van der Waals surface area contributed by atoms with Gasteiger partial charge in [-0.15, -0.1) is 11.3 Å². The maximum Gasteiger partial charge on any atom is 0.270 e. The molecule has 1 aliphatic rings. The van der Waals surface area contributed by atoms with Crippen LogP contribution in [0.1, 0.15) is 30.5 Å². The summed E-state index contributed by atoms with van der Waals surface area (Å²) in [4.78, 5) is 16.3. The van der Waals surface area contributed by atoms with Crippen molar-refractivity contribution in [3.63, 3.8) is 0 Å². The highest BCUT2D eigenvalue weighted by Gasteiger charge is 2.19. The van der Waals surface area contributed by atoms with Crippen LogP contribution in [0, 0.1) is 10.1 Å². The monoisotopic (exact) mass is 480 g/mol. The Kier molecular flexibility index (Phi) is 6.01. The SMILES string of the molecule is C=C(C)CN=c1scc(-c2cccc([N+](=O)[O-])c2)n1N=C(C)c1ccc2c(c1)Cc1ccccc1-2. The van der Waals surface area contributed by atoms with Crippen LogP contribution in [0.4, 0.5) is 5.69 Å². The van der Waals surface area contributed by atoms with E-state index in [4.69, 9.17) is 5.10 Å². The summed E-state index contributed by atoms with van der Waals surface area (Å²) in [5.41, 5.74) is 9.53. The summed E-state index contributed by atoms with van der Waals surface area (Å²) in [6.45, 7) is 8.34. The maximum absolute atomic E-state index is 11.3. The molecule has 0 bridgehead atoms. The quantitative estimate of drug-likeness (QED) is 0.121. The van der Waals surface area contributed by atoms with Crippen LogP contribution in [0.15, 0.2) is 94.4 Å². The summed E-state index contributed by atoms with van der Waals surface area (Å²) < 4.78 is 1.78. The van der Waals surface area contributed by atoms with Crippen LogP contribution in [-0.2, 0) is 6.42 Å². The van der Waals surface area contributed by atoms with Gasteiger partial charge >= 0.3 is 0 Å². The van der Waals surface area contributed by atoms with E-state index in [1.165, 1.54) is 39.7 Å². The van der Waals surface area contributed by atoms with Gasteiger partial charge in [0, 0.05) is 23.1 Å². The summed E-state index contributed by atoms with van der Waals surface area (Å²) in [6, 6.07) is 21.6. The van der Waals surface area contributed by atoms with Crippen molar-refractivity contribution >= 4 is 22.7 Å². The van der Waals surface area contributed by atoms with Crippen molar-refractivity contribution in [3.05, 3.63) is 116 Å². The molecule has 35 heavy (non-hydrogen) atoms. The van der Waals surface area contributed by atoms with Gasteiger partial charge in [0.05, 0.1) is 22.9 Å². The largest absolute Gasteiger partial charge is 0.270 e. The molecule has 1 aliphatic carbocycles. The van der Waals surface area contributed by atoms with Gasteiger partial charge in [0.1, 0.15) is 0 Å². The first kappa shape index (κ1) is 22.7. The fourth-order valence-corrected chi connectivity index (χ4v) is 5.09. The lowest BCUT2D eigenvalue weighted by atomic mass is 10.0. The summed E-state index contributed by atoms with van der Waals surface area (Å²) in [5, 5.41) is 18.2. The van der Waals surface area contributed by atoms with Gasteiger partial charge in [-0.05, 0) is 54.2 Å². The first-order valence-electron chi connectivity index (χ1n) is 11.3. The number of nitrogens with zero attached hydrogens (tertiary/aromatic N) is 4. The highest BCUT2D eigenvalue weighted by molar-refractivity contribution is 7.07. The second kappa shape index (κ2) is 9.27. The zero-order chi connectivity index (χ0) is 24.5. The fraction of sp³-hybridized carbons (Fsp3) is 0.143. The molecule has 174 valence electrons. The lowest BCUT2D eigenvalue weighted by Gasteiger charge is -2.08. The van der Waals surface area contributed by atoms with Gasteiger partial charge in [-0.3, -0.25) is 15.1 Å². The molecular formula is C28H24N4O2S. The molecule has 0 saturated heterocycles. The molecule has 3 aromatic carbocycles. The normalized spacial score (nSPS) is 13.0. The summed E-state index contributed by atoms with van der Waals surface area (Å²) in [6.07, 6.45) is 0.913. The highest BCUT2D eigenvalue weighted by Crippen LogP contribution is 2.36. The molecule has 1 aromatic heterocycles. The maximum atomic E-state index is 11.3. The predicted molar refractivity (Wildman–Crippen MR) is 142 cm³/mol. The van der Waals surface area contributed by atoms with Crippen molar-refractivity contribution < 1.29 is 4.92 Å². The Labute approximate surface area is 207 Å². The van der Waals surface area contributed by atoms with E-state index in [0.717, 1.165) is 29.0 Å². The second-order valence-corrected chi connectivity index (χ2v) is 9.52. The van der Waals surface area contributed by atoms with Crippen LogP contribution < -0.4 is 4.80 Å². The van der Waals surface area contributed by atoms with E-state index >= 15 is 0 Å². The third-order valence-corrected chi connectivity index (χ3v) is 6.84. The van der Waals surface area contributed by atoms with Crippen molar-refractivity contribution in [3.8, 4) is 22.4 Å². The van der Waals surface area contributed by atoms with Crippen LogP contribution in [0.3, 0.4) is 0 Å². The van der Waals surface area contributed by atoms with Gasteiger partial charge in [-0.2, -0.15) is 5.10 Å². The van der Waals surface area contributed by atoms with Crippen LogP contribution >= 0.6 is 11.3 Å². The van der Waals surface area contributed by atoms with Crippen molar-refractivity contribution in [1.82, 2.24) is 4.68 Å². The molecule has 7 heteroatoms. The van der Waals surface area contributed by atoms with Crippen molar-refractivity contribution in [2.45, 2.75) is 20.3 Å². The lowest BCUT2D eigenvalue weighted by molar-refractivity contribution is -0.384. The number of nitro benzene ring substituents is 1. The third kappa shape index (κ3) is 4.50. The van der Waals surface area contributed by atoms with E-state index in [-0.39, 0.29) is 10.6 Å². The third-order valence-electron chi connectivity index (χ3n) is 5.98. The van der Waals surface area contributed by atoms with Crippen molar-refractivity contribution in [1.29, 1.82) is 0 Å². The molecule has 0 aliphatic heterocycles. The van der Waals surface area contributed by atoms with Crippen LogP contribution in [0.2, 0.25) is 0 Å². The number of aromatic nitrogens is 1. The highest BCUT2D eigenvalue weighted by atomic mass is 32.1. The van der Waals surface area contributed by atoms with E-state index < -0.39 is 0 Å². The molecule has 0 saturated carbocycles. The van der Waals surface area contributed by atoms with Crippen molar-refractivity contribution in [2.75, 3.05) is 6.54 Å². The number of thiazole rings is 1. The van der Waals surface area contributed by atoms with E-state index in [2.05, 4.69) is 54.0 Å². The van der Waals surface area contributed by atoms with Crippen LogP contribution in [0.25, 0.3) is 22.4 Å². The number of fused-ring (bicyclic) bond motifs is 3. The zero-order valence-corrected chi connectivity index (χ0v) is 20.4. The average molecular weight is 481 g/mol. The van der Waals surface area contributed by atoms with Gasteiger partial charge in [0.25, 0.3) is 5.69 Å². The Morgan fingerprint density at radius 1 is 1.06 bits per heavy atom.